The molecule has 0 N–H and O–H groups in total. The van der Waals surface area contributed by atoms with E-state index in [0.29, 0.717) is 26.2 Å². The average molecular weight is 427 g/mol. The summed E-state index contributed by atoms with van der Waals surface area (Å²) in [5.74, 6) is -0.376. The third-order valence-corrected chi connectivity index (χ3v) is 5.44. The van der Waals surface area contributed by atoms with Gasteiger partial charge in [-0.15, -0.1) is 0 Å². The molecule has 0 spiro atoms. The SMILES string of the molecule is O=C(Cc1cccc2cccnc12)N1CCN(C(=O)c2ccc(C(F)(F)F)cc2)CC1. The molecule has 1 aliphatic rings. The van der Waals surface area contributed by atoms with Gasteiger partial charge >= 0.3 is 6.18 Å². The van der Waals surface area contributed by atoms with Gasteiger partial charge in [0.25, 0.3) is 5.91 Å². The molecule has 3 aromatic rings. The quantitative estimate of drug-likeness (QED) is 0.639. The van der Waals surface area contributed by atoms with Gasteiger partial charge in [-0.2, -0.15) is 13.2 Å². The molecule has 1 aliphatic heterocycles. The van der Waals surface area contributed by atoms with Crippen molar-refractivity contribution >= 4 is 22.7 Å². The number of hydrogen-bond acceptors (Lipinski definition) is 3. The number of alkyl halides is 3. The lowest BCUT2D eigenvalue weighted by Crippen LogP contribution is -2.51. The van der Waals surface area contributed by atoms with Gasteiger partial charge in [0, 0.05) is 43.3 Å². The summed E-state index contributed by atoms with van der Waals surface area (Å²) in [5, 5.41) is 0.972. The van der Waals surface area contributed by atoms with E-state index in [9.17, 15) is 22.8 Å². The molecule has 2 amide bonds. The Balaban J connectivity index is 1.37. The maximum absolute atomic E-state index is 12.8. The second-order valence-electron chi connectivity index (χ2n) is 7.42. The number of pyridine rings is 1. The van der Waals surface area contributed by atoms with Crippen molar-refractivity contribution in [2.24, 2.45) is 0 Å². The van der Waals surface area contributed by atoms with Gasteiger partial charge < -0.3 is 9.80 Å². The Morgan fingerprint density at radius 1 is 0.871 bits per heavy atom. The summed E-state index contributed by atoms with van der Waals surface area (Å²) in [5.41, 5.74) is 1.07. The highest BCUT2D eigenvalue weighted by atomic mass is 19.4. The summed E-state index contributed by atoms with van der Waals surface area (Å²) in [4.78, 5) is 33.0. The van der Waals surface area contributed by atoms with Crippen LogP contribution in [-0.2, 0) is 17.4 Å². The molecule has 4 rings (SSSR count). The number of hydrogen-bond donors (Lipinski definition) is 0. The van der Waals surface area contributed by atoms with E-state index >= 15 is 0 Å². The highest BCUT2D eigenvalue weighted by molar-refractivity contribution is 5.94. The van der Waals surface area contributed by atoms with Gasteiger partial charge in [0.1, 0.15) is 0 Å². The van der Waals surface area contributed by atoms with Crippen molar-refractivity contribution in [1.29, 1.82) is 0 Å². The van der Waals surface area contributed by atoms with Gasteiger partial charge in [-0.05, 0) is 35.9 Å². The van der Waals surface area contributed by atoms with E-state index in [1.807, 2.05) is 30.3 Å². The third kappa shape index (κ3) is 4.52. The number of piperazine rings is 1. The fraction of sp³-hybridized carbons (Fsp3) is 0.261. The molecular weight excluding hydrogens is 407 g/mol. The fourth-order valence-electron chi connectivity index (χ4n) is 3.73. The molecule has 2 heterocycles. The molecular formula is C23H20F3N3O2. The summed E-state index contributed by atoms with van der Waals surface area (Å²) in [7, 11) is 0. The van der Waals surface area contributed by atoms with Crippen molar-refractivity contribution in [2.75, 3.05) is 26.2 Å². The zero-order valence-corrected chi connectivity index (χ0v) is 16.6. The van der Waals surface area contributed by atoms with Crippen LogP contribution in [0.2, 0.25) is 0 Å². The Morgan fingerprint density at radius 3 is 2.19 bits per heavy atom. The summed E-state index contributed by atoms with van der Waals surface area (Å²) in [6.45, 7) is 1.42. The summed E-state index contributed by atoms with van der Waals surface area (Å²) in [6.07, 6.45) is -2.52. The number of rotatable bonds is 3. The molecule has 31 heavy (non-hydrogen) atoms. The molecule has 0 saturated carbocycles. The van der Waals surface area contributed by atoms with Gasteiger partial charge in [0.05, 0.1) is 17.5 Å². The highest BCUT2D eigenvalue weighted by Crippen LogP contribution is 2.29. The van der Waals surface area contributed by atoms with Gasteiger partial charge in [-0.1, -0.05) is 24.3 Å². The second-order valence-corrected chi connectivity index (χ2v) is 7.42. The van der Waals surface area contributed by atoms with Gasteiger partial charge in [0.15, 0.2) is 0 Å². The van der Waals surface area contributed by atoms with E-state index in [1.165, 1.54) is 12.1 Å². The van der Waals surface area contributed by atoms with E-state index in [0.717, 1.165) is 28.6 Å². The van der Waals surface area contributed by atoms with Crippen molar-refractivity contribution < 1.29 is 22.8 Å². The number of nitrogens with zero attached hydrogens (tertiary/aromatic N) is 3. The molecule has 0 atom stereocenters. The van der Waals surface area contributed by atoms with Gasteiger partial charge in [-0.3, -0.25) is 14.6 Å². The minimum atomic E-state index is -4.44. The lowest BCUT2D eigenvalue weighted by molar-refractivity contribution is -0.137. The maximum Gasteiger partial charge on any atom is 0.416 e. The zero-order valence-electron chi connectivity index (χ0n) is 16.6. The van der Waals surface area contributed by atoms with E-state index in [1.54, 1.807) is 16.0 Å². The van der Waals surface area contributed by atoms with Crippen molar-refractivity contribution in [2.45, 2.75) is 12.6 Å². The van der Waals surface area contributed by atoms with Crippen LogP contribution in [0.5, 0.6) is 0 Å². The Kier molecular flexibility index (Phi) is 5.63. The smallest absolute Gasteiger partial charge is 0.339 e. The standard InChI is InChI=1S/C23H20F3N3O2/c24-23(25,26)19-8-6-17(7-9-19)22(31)29-13-11-28(12-14-29)20(30)15-18-4-1-3-16-5-2-10-27-21(16)18/h1-10H,11-15H2. The molecule has 1 fully saturated rings. The largest absolute Gasteiger partial charge is 0.416 e. The summed E-state index contributed by atoms with van der Waals surface area (Å²) < 4.78 is 38.1. The monoisotopic (exact) mass is 427 g/mol. The first-order valence-electron chi connectivity index (χ1n) is 9.90. The molecule has 0 radical (unpaired) electrons. The topological polar surface area (TPSA) is 53.5 Å². The molecule has 0 aliphatic carbocycles. The number of aromatic nitrogens is 1. The first-order chi connectivity index (χ1) is 14.8. The minimum absolute atomic E-state index is 0.0419. The van der Waals surface area contributed by atoms with Crippen LogP contribution < -0.4 is 0 Å². The van der Waals surface area contributed by atoms with Crippen LogP contribution in [0.3, 0.4) is 0 Å². The normalized spacial score (nSPS) is 14.7. The van der Waals surface area contributed by atoms with E-state index in [2.05, 4.69) is 4.98 Å². The molecule has 0 unspecified atom stereocenters. The first kappa shape index (κ1) is 20.8. The maximum atomic E-state index is 12.8. The molecule has 2 aromatic carbocycles. The second kappa shape index (κ2) is 8.37. The summed E-state index contributed by atoms with van der Waals surface area (Å²) >= 11 is 0. The van der Waals surface area contributed by atoms with Crippen LogP contribution in [0.4, 0.5) is 13.2 Å². The van der Waals surface area contributed by atoms with Crippen LogP contribution >= 0.6 is 0 Å². The molecule has 5 nitrogen and oxygen atoms in total. The lowest BCUT2D eigenvalue weighted by atomic mass is 10.1. The number of amides is 2. The average Bonchev–Trinajstić information content (AvgIpc) is 2.78. The Labute approximate surface area is 177 Å². The highest BCUT2D eigenvalue weighted by Gasteiger charge is 2.31. The molecule has 8 heteroatoms. The summed E-state index contributed by atoms with van der Waals surface area (Å²) in [6, 6.07) is 13.7. The van der Waals surface area contributed by atoms with Crippen molar-refractivity contribution in [3.8, 4) is 0 Å². The molecule has 1 aromatic heterocycles. The fourth-order valence-corrected chi connectivity index (χ4v) is 3.73. The van der Waals surface area contributed by atoms with E-state index < -0.39 is 11.7 Å². The van der Waals surface area contributed by atoms with Gasteiger partial charge in [0.2, 0.25) is 5.91 Å². The van der Waals surface area contributed by atoms with Crippen molar-refractivity contribution in [1.82, 2.24) is 14.8 Å². The number of benzene rings is 2. The van der Waals surface area contributed by atoms with Crippen LogP contribution in [0, 0.1) is 0 Å². The molecule has 1 saturated heterocycles. The Hall–Kier alpha value is -3.42. The Bertz CT molecular complexity index is 1100. The number of carbonyl (C=O) groups excluding carboxylic acids is 2. The third-order valence-electron chi connectivity index (χ3n) is 5.44. The van der Waals surface area contributed by atoms with Crippen LogP contribution in [0.1, 0.15) is 21.5 Å². The van der Waals surface area contributed by atoms with Crippen molar-refractivity contribution in [3.63, 3.8) is 0 Å². The van der Waals surface area contributed by atoms with Gasteiger partial charge in [-0.25, -0.2) is 0 Å². The van der Waals surface area contributed by atoms with Crippen LogP contribution in [0.25, 0.3) is 10.9 Å². The lowest BCUT2D eigenvalue weighted by Gasteiger charge is -2.35. The number of para-hydroxylation sites is 1. The minimum Gasteiger partial charge on any atom is -0.339 e. The number of fused-ring (bicyclic) bond motifs is 1. The Morgan fingerprint density at radius 2 is 1.52 bits per heavy atom. The van der Waals surface area contributed by atoms with E-state index in [4.69, 9.17) is 0 Å². The zero-order chi connectivity index (χ0) is 22.0. The number of halogens is 3. The van der Waals surface area contributed by atoms with Crippen LogP contribution in [-0.4, -0.2) is 52.8 Å². The predicted molar refractivity (Wildman–Crippen MR) is 109 cm³/mol. The van der Waals surface area contributed by atoms with Crippen molar-refractivity contribution in [3.05, 3.63) is 77.5 Å². The number of carbonyl (C=O) groups is 2. The molecule has 160 valence electrons. The predicted octanol–water partition coefficient (Wildman–Crippen LogP) is 3.78. The van der Waals surface area contributed by atoms with E-state index in [-0.39, 0.29) is 23.8 Å². The van der Waals surface area contributed by atoms with Crippen LogP contribution in [0.15, 0.2) is 60.8 Å². The molecule has 0 bridgehead atoms. The first-order valence-corrected chi connectivity index (χ1v) is 9.90.